The molecule has 1 atom stereocenters. The van der Waals surface area contributed by atoms with Crippen LogP contribution in [0.3, 0.4) is 0 Å². The van der Waals surface area contributed by atoms with Crippen LogP contribution in [-0.2, 0) is 0 Å². The standard InChI is InChI=1S/C13H17F3/c1-8(2)4-5-9(3)10-6-11(14)13(16)12(15)7-10/h6-9H,4-5H2,1-3H3. The summed E-state index contributed by atoms with van der Waals surface area (Å²) in [6.45, 7) is 6.09. The van der Waals surface area contributed by atoms with Crippen LogP contribution in [0.5, 0.6) is 0 Å². The summed E-state index contributed by atoms with van der Waals surface area (Å²) in [5.41, 5.74) is 0.525. The Kier molecular flexibility index (Phi) is 4.39. The highest BCUT2D eigenvalue weighted by Gasteiger charge is 2.14. The number of hydrogen-bond donors (Lipinski definition) is 0. The molecule has 0 bridgehead atoms. The molecular formula is C13H17F3. The lowest BCUT2D eigenvalue weighted by Crippen LogP contribution is -2.00. The summed E-state index contributed by atoms with van der Waals surface area (Å²) < 4.78 is 38.7. The first kappa shape index (κ1) is 13.1. The van der Waals surface area contributed by atoms with Crippen LogP contribution in [0.15, 0.2) is 12.1 Å². The quantitative estimate of drug-likeness (QED) is 0.661. The molecule has 0 aliphatic heterocycles. The zero-order valence-corrected chi connectivity index (χ0v) is 9.86. The number of benzene rings is 1. The Morgan fingerprint density at radius 2 is 1.44 bits per heavy atom. The highest BCUT2D eigenvalue weighted by molar-refractivity contribution is 5.22. The number of halogens is 3. The Hall–Kier alpha value is -0.990. The van der Waals surface area contributed by atoms with E-state index < -0.39 is 17.5 Å². The molecule has 0 amide bonds. The molecule has 1 aromatic rings. The second kappa shape index (κ2) is 5.37. The van der Waals surface area contributed by atoms with E-state index in [2.05, 4.69) is 13.8 Å². The lowest BCUT2D eigenvalue weighted by atomic mass is 9.93. The van der Waals surface area contributed by atoms with Crippen LogP contribution in [0.2, 0.25) is 0 Å². The molecule has 0 nitrogen and oxygen atoms in total. The maximum Gasteiger partial charge on any atom is 0.194 e. The van der Waals surface area contributed by atoms with Crippen LogP contribution >= 0.6 is 0 Å². The maximum absolute atomic E-state index is 13.0. The molecule has 0 radical (unpaired) electrons. The molecule has 0 N–H and O–H groups in total. The van der Waals surface area contributed by atoms with E-state index in [4.69, 9.17) is 0 Å². The largest absolute Gasteiger partial charge is 0.204 e. The summed E-state index contributed by atoms with van der Waals surface area (Å²) in [5.74, 6) is -3.00. The Labute approximate surface area is 94.5 Å². The summed E-state index contributed by atoms with van der Waals surface area (Å²) in [6.07, 6.45) is 1.84. The minimum atomic E-state index is -1.39. The second-order valence-corrected chi connectivity index (χ2v) is 4.67. The van der Waals surface area contributed by atoms with Crippen LogP contribution in [0.25, 0.3) is 0 Å². The van der Waals surface area contributed by atoms with Crippen LogP contribution < -0.4 is 0 Å². The fraction of sp³-hybridized carbons (Fsp3) is 0.538. The van der Waals surface area contributed by atoms with Crippen molar-refractivity contribution in [3.63, 3.8) is 0 Å². The van der Waals surface area contributed by atoms with E-state index in [1.165, 1.54) is 0 Å². The van der Waals surface area contributed by atoms with E-state index in [1.807, 2.05) is 6.92 Å². The third kappa shape index (κ3) is 3.26. The van der Waals surface area contributed by atoms with Crippen molar-refractivity contribution in [3.05, 3.63) is 35.1 Å². The topological polar surface area (TPSA) is 0 Å². The Morgan fingerprint density at radius 3 is 1.88 bits per heavy atom. The van der Waals surface area contributed by atoms with Crippen LogP contribution in [0.1, 0.15) is 45.1 Å². The smallest absolute Gasteiger partial charge is 0.194 e. The van der Waals surface area contributed by atoms with Crippen molar-refractivity contribution in [3.8, 4) is 0 Å². The van der Waals surface area contributed by atoms with Gasteiger partial charge in [0, 0.05) is 0 Å². The van der Waals surface area contributed by atoms with Gasteiger partial charge in [-0.25, -0.2) is 13.2 Å². The third-order valence-electron chi connectivity index (χ3n) is 2.75. The van der Waals surface area contributed by atoms with Gasteiger partial charge in [-0.05, 0) is 36.0 Å². The van der Waals surface area contributed by atoms with Crippen LogP contribution in [0, 0.1) is 23.4 Å². The van der Waals surface area contributed by atoms with Crippen molar-refractivity contribution in [1.29, 1.82) is 0 Å². The van der Waals surface area contributed by atoms with Gasteiger partial charge >= 0.3 is 0 Å². The minimum Gasteiger partial charge on any atom is -0.204 e. The molecule has 0 fully saturated rings. The highest BCUT2D eigenvalue weighted by atomic mass is 19.2. The average molecular weight is 230 g/mol. The van der Waals surface area contributed by atoms with Gasteiger partial charge in [-0.2, -0.15) is 0 Å². The number of rotatable bonds is 4. The molecule has 0 spiro atoms. The molecule has 0 saturated heterocycles. The summed E-state index contributed by atoms with van der Waals surface area (Å²) in [6, 6.07) is 2.17. The van der Waals surface area contributed by atoms with Gasteiger partial charge in [-0.3, -0.25) is 0 Å². The van der Waals surface area contributed by atoms with Gasteiger partial charge in [-0.1, -0.05) is 27.2 Å². The minimum absolute atomic E-state index is 0.0481. The van der Waals surface area contributed by atoms with Gasteiger partial charge in [0.1, 0.15) is 0 Å². The molecule has 1 rings (SSSR count). The summed E-state index contributed by atoms with van der Waals surface area (Å²) >= 11 is 0. The number of hydrogen-bond acceptors (Lipinski definition) is 0. The lowest BCUT2D eigenvalue weighted by molar-refractivity contribution is 0.441. The molecular weight excluding hydrogens is 213 g/mol. The van der Waals surface area contributed by atoms with E-state index in [0.717, 1.165) is 25.0 Å². The maximum atomic E-state index is 13.0. The second-order valence-electron chi connectivity index (χ2n) is 4.67. The van der Waals surface area contributed by atoms with Crippen molar-refractivity contribution < 1.29 is 13.2 Å². The van der Waals surface area contributed by atoms with Gasteiger partial charge < -0.3 is 0 Å². The zero-order chi connectivity index (χ0) is 12.3. The molecule has 0 heterocycles. The highest BCUT2D eigenvalue weighted by Crippen LogP contribution is 2.25. The normalized spacial score (nSPS) is 13.2. The van der Waals surface area contributed by atoms with Gasteiger partial charge in [0.05, 0.1) is 0 Å². The molecule has 90 valence electrons. The molecule has 0 aliphatic rings. The van der Waals surface area contributed by atoms with Gasteiger partial charge in [-0.15, -0.1) is 0 Å². The fourth-order valence-electron chi connectivity index (χ4n) is 1.61. The van der Waals surface area contributed by atoms with Gasteiger partial charge in [0.2, 0.25) is 0 Å². The summed E-state index contributed by atoms with van der Waals surface area (Å²) in [4.78, 5) is 0. The zero-order valence-electron chi connectivity index (χ0n) is 9.86. The van der Waals surface area contributed by atoms with E-state index in [0.29, 0.717) is 11.5 Å². The molecule has 16 heavy (non-hydrogen) atoms. The monoisotopic (exact) mass is 230 g/mol. The predicted molar refractivity (Wildman–Crippen MR) is 58.8 cm³/mol. The molecule has 0 aliphatic carbocycles. The van der Waals surface area contributed by atoms with Crippen LogP contribution in [-0.4, -0.2) is 0 Å². The summed E-state index contributed by atoms with van der Waals surface area (Å²) in [7, 11) is 0. The molecule has 1 aromatic carbocycles. The Bertz CT molecular complexity index is 335. The third-order valence-corrected chi connectivity index (χ3v) is 2.75. The van der Waals surface area contributed by atoms with E-state index in [-0.39, 0.29) is 5.92 Å². The van der Waals surface area contributed by atoms with Crippen molar-refractivity contribution in [2.45, 2.75) is 39.5 Å². The first-order valence-corrected chi connectivity index (χ1v) is 5.56. The molecule has 0 saturated carbocycles. The molecule has 0 aromatic heterocycles. The van der Waals surface area contributed by atoms with Gasteiger partial charge in [0.25, 0.3) is 0 Å². The van der Waals surface area contributed by atoms with Crippen molar-refractivity contribution >= 4 is 0 Å². The van der Waals surface area contributed by atoms with E-state index in [9.17, 15) is 13.2 Å². The lowest BCUT2D eigenvalue weighted by Gasteiger charge is -2.13. The predicted octanol–water partition coefficient (Wildman–Crippen LogP) is 4.64. The SMILES string of the molecule is CC(C)CCC(C)c1cc(F)c(F)c(F)c1. The average Bonchev–Trinajstić information content (AvgIpc) is 2.21. The van der Waals surface area contributed by atoms with Crippen molar-refractivity contribution in [2.75, 3.05) is 0 Å². The Morgan fingerprint density at radius 1 is 0.938 bits per heavy atom. The molecule has 3 heteroatoms. The van der Waals surface area contributed by atoms with Crippen molar-refractivity contribution in [2.24, 2.45) is 5.92 Å². The molecule has 1 unspecified atom stereocenters. The van der Waals surface area contributed by atoms with E-state index in [1.54, 1.807) is 0 Å². The first-order valence-electron chi connectivity index (χ1n) is 5.56. The van der Waals surface area contributed by atoms with Crippen LogP contribution in [0.4, 0.5) is 13.2 Å². The fourth-order valence-corrected chi connectivity index (χ4v) is 1.61. The first-order chi connectivity index (χ1) is 7.41. The van der Waals surface area contributed by atoms with Crippen molar-refractivity contribution in [1.82, 2.24) is 0 Å². The van der Waals surface area contributed by atoms with E-state index >= 15 is 0 Å². The van der Waals surface area contributed by atoms with Gasteiger partial charge in [0.15, 0.2) is 17.5 Å². The Balaban J connectivity index is 2.80. The summed E-state index contributed by atoms with van der Waals surface area (Å²) in [5, 5.41) is 0.